The van der Waals surface area contributed by atoms with E-state index >= 15 is 0 Å². The quantitative estimate of drug-likeness (QED) is 0.727. The van der Waals surface area contributed by atoms with Crippen molar-refractivity contribution in [2.75, 3.05) is 12.3 Å². The number of benzene rings is 1. The largest absolute Gasteiger partial charge is 0.384 e. The monoisotopic (exact) mass is 318 g/mol. The van der Waals surface area contributed by atoms with Crippen LogP contribution in [0.4, 0.5) is 5.82 Å². The summed E-state index contributed by atoms with van der Waals surface area (Å²) in [4.78, 5) is 13.2. The summed E-state index contributed by atoms with van der Waals surface area (Å²) in [5, 5.41) is 0.788. The molecule has 0 bridgehead atoms. The molecule has 2 aromatic heterocycles. The highest BCUT2D eigenvalue weighted by Crippen LogP contribution is 2.33. The van der Waals surface area contributed by atoms with Crippen LogP contribution in [0.15, 0.2) is 39.7 Å². The first-order valence-electron chi connectivity index (χ1n) is 6.49. The predicted molar refractivity (Wildman–Crippen MR) is 85.5 cm³/mol. The van der Waals surface area contributed by atoms with Gasteiger partial charge in [-0.2, -0.15) is 0 Å². The van der Waals surface area contributed by atoms with Gasteiger partial charge in [-0.3, -0.25) is 0 Å². The molecule has 1 aromatic carbocycles. The molecule has 2 N–H and O–H groups in total. The summed E-state index contributed by atoms with van der Waals surface area (Å²) in [6, 6.07) is 9.82. The molecule has 108 valence electrons. The zero-order valence-corrected chi connectivity index (χ0v) is 13.1. The van der Waals surface area contributed by atoms with Crippen molar-refractivity contribution in [3.8, 4) is 0 Å². The number of anilines is 1. The first kappa shape index (κ1) is 14.2. The number of nitrogens with two attached hydrogens (primary N) is 1. The first-order chi connectivity index (χ1) is 10.2. The highest BCUT2D eigenvalue weighted by molar-refractivity contribution is 8.01. The topological polar surface area (TPSA) is 73.9 Å². The van der Waals surface area contributed by atoms with Gasteiger partial charge >= 0.3 is 0 Å². The number of ether oxygens (including phenoxy) is 1. The zero-order valence-electron chi connectivity index (χ0n) is 11.4. The normalized spacial score (nSPS) is 11.1. The van der Waals surface area contributed by atoms with E-state index < -0.39 is 0 Å². The number of hydrogen-bond donors (Lipinski definition) is 1. The Morgan fingerprint density at radius 2 is 2.10 bits per heavy atom. The molecule has 0 unspecified atom stereocenters. The van der Waals surface area contributed by atoms with Gasteiger partial charge in [0.1, 0.15) is 17.5 Å². The highest BCUT2D eigenvalue weighted by atomic mass is 32.2. The summed E-state index contributed by atoms with van der Waals surface area (Å²) in [5.74, 6) is 1.05. The number of para-hydroxylation sites is 1. The molecule has 0 saturated carbocycles. The van der Waals surface area contributed by atoms with E-state index in [1.54, 1.807) is 17.4 Å². The number of nitrogens with zero attached hydrogens (tertiary/aromatic N) is 3. The van der Waals surface area contributed by atoms with Gasteiger partial charge in [-0.25, -0.2) is 15.0 Å². The molecule has 0 aliphatic heterocycles. The van der Waals surface area contributed by atoms with Crippen LogP contribution >= 0.6 is 23.1 Å². The third kappa shape index (κ3) is 3.49. The van der Waals surface area contributed by atoms with E-state index in [4.69, 9.17) is 10.5 Å². The van der Waals surface area contributed by atoms with Crippen LogP contribution in [-0.2, 0) is 11.3 Å². The predicted octanol–water partition coefficient (Wildman–Crippen LogP) is 3.36. The van der Waals surface area contributed by atoms with Crippen molar-refractivity contribution in [3.63, 3.8) is 0 Å². The Kier molecular flexibility index (Phi) is 4.33. The van der Waals surface area contributed by atoms with E-state index in [1.807, 2.05) is 25.1 Å². The second-order valence-corrected chi connectivity index (χ2v) is 6.53. The lowest BCUT2D eigenvalue weighted by Gasteiger charge is -2.04. The van der Waals surface area contributed by atoms with Crippen molar-refractivity contribution < 1.29 is 4.74 Å². The Balaban J connectivity index is 1.84. The number of rotatable bonds is 5. The van der Waals surface area contributed by atoms with E-state index in [9.17, 15) is 0 Å². The van der Waals surface area contributed by atoms with Gasteiger partial charge in [0.25, 0.3) is 0 Å². The third-order valence-electron chi connectivity index (χ3n) is 2.67. The molecular formula is C14H14N4OS2. The number of fused-ring (bicyclic) bond motifs is 1. The van der Waals surface area contributed by atoms with Crippen LogP contribution in [0.1, 0.15) is 12.7 Å². The molecule has 0 amide bonds. The van der Waals surface area contributed by atoms with Crippen LogP contribution in [0.5, 0.6) is 0 Å². The molecule has 3 rings (SSSR count). The van der Waals surface area contributed by atoms with Crippen LogP contribution < -0.4 is 5.73 Å². The van der Waals surface area contributed by atoms with Crippen LogP contribution in [0.2, 0.25) is 0 Å². The molecule has 5 nitrogen and oxygen atoms in total. The van der Waals surface area contributed by atoms with Crippen molar-refractivity contribution in [2.45, 2.75) is 22.9 Å². The number of nitrogen functional groups attached to an aromatic ring is 1. The molecule has 21 heavy (non-hydrogen) atoms. The number of thiazole rings is 1. The summed E-state index contributed by atoms with van der Waals surface area (Å²) in [7, 11) is 0. The minimum Gasteiger partial charge on any atom is -0.384 e. The second-order valence-electron chi connectivity index (χ2n) is 4.23. The van der Waals surface area contributed by atoms with Crippen LogP contribution in [-0.4, -0.2) is 21.6 Å². The van der Waals surface area contributed by atoms with Crippen LogP contribution in [0, 0.1) is 0 Å². The minimum atomic E-state index is 0.370. The fourth-order valence-electron chi connectivity index (χ4n) is 1.79. The standard InChI is InChI=1S/C14H14N4OS2/c1-2-19-8-12-17-11(15)7-13(18-12)21-14-16-9-5-3-4-6-10(9)20-14/h3-7H,2,8H2,1H3,(H2,15,17,18). The molecule has 0 spiro atoms. The molecule has 0 fully saturated rings. The summed E-state index contributed by atoms with van der Waals surface area (Å²) < 4.78 is 7.43. The molecule has 0 aliphatic rings. The molecule has 0 atom stereocenters. The second kappa shape index (κ2) is 6.38. The number of aromatic nitrogens is 3. The van der Waals surface area contributed by atoms with E-state index in [-0.39, 0.29) is 0 Å². The van der Waals surface area contributed by atoms with Gasteiger partial charge in [0.05, 0.1) is 10.2 Å². The van der Waals surface area contributed by atoms with Crippen molar-refractivity contribution in [1.29, 1.82) is 0 Å². The maximum Gasteiger partial charge on any atom is 0.157 e. The van der Waals surface area contributed by atoms with Gasteiger partial charge in [-0.05, 0) is 30.8 Å². The summed E-state index contributed by atoms with van der Waals surface area (Å²) in [6.07, 6.45) is 0. The smallest absolute Gasteiger partial charge is 0.157 e. The lowest BCUT2D eigenvalue weighted by molar-refractivity contribution is 0.128. The summed E-state index contributed by atoms with van der Waals surface area (Å²) in [6.45, 7) is 2.93. The lowest BCUT2D eigenvalue weighted by atomic mass is 10.3. The maximum atomic E-state index is 5.82. The minimum absolute atomic E-state index is 0.370. The summed E-state index contributed by atoms with van der Waals surface area (Å²) in [5.41, 5.74) is 6.82. The van der Waals surface area contributed by atoms with Gasteiger partial charge in [0.2, 0.25) is 0 Å². The van der Waals surface area contributed by atoms with Gasteiger partial charge in [0, 0.05) is 12.7 Å². The van der Waals surface area contributed by atoms with Crippen LogP contribution in [0.3, 0.4) is 0 Å². The highest BCUT2D eigenvalue weighted by Gasteiger charge is 2.09. The van der Waals surface area contributed by atoms with Crippen LogP contribution in [0.25, 0.3) is 10.2 Å². The third-order valence-corrected chi connectivity index (χ3v) is 4.69. The average molecular weight is 318 g/mol. The lowest BCUT2D eigenvalue weighted by Crippen LogP contribution is -2.03. The van der Waals surface area contributed by atoms with E-state index in [0.717, 1.165) is 19.6 Å². The fourth-order valence-corrected chi connectivity index (χ4v) is 3.83. The Morgan fingerprint density at radius 1 is 1.24 bits per heavy atom. The zero-order chi connectivity index (χ0) is 14.7. The molecular weight excluding hydrogens is 304 g/mol. The van der Waals surface area contributed by atoms with Crippen molar-refractivity contribution in [1.82, 2.24) is 15.0 Å². The molecule has 0 radical (unpaired) electrons. The Bertz CT molecular complexity index is 727. The first-order valence-corrected chi connectivity index (χ1v) is 8.12. The summed E-state index contributed by atoms with van der Waals surface area (Å²) >= 11 is 3.14. The van der Waals surface area contributed by atoms with Gasteiger partial charge in [-0.1, -0.05) is 12.1 Å². The molecule has 0 saturated heterocycles. The van der Waals surface area contributed by atoms with Crippen molar-refractivity contribution in [3.05, 3.63) is 36.2 Å². The number of hydrogen-bond acceptors (Lipinski definition) is 7. The van der Waals surface area contributed by atoms with E-state index in [2.05, 4.69) is 21.0 Å². The van der Waals surface area contributed by atoms with Gasteiger partial charge in [0.15, 0.2) is 10.2 Å². The van der Waals surface area contributed by atoms with Gasteiger partial charge in [-0.15, -0.1) is 11.3 Å². The Labute approximate surface area is 130 Å². The van der Waals surface area contributed by atoms with E-state index in [1.165, 1.54) is 11.8 Å². The van der Waals surface area contributed by atoms with Crippen molar-refractivity contribution in [2.24, 2.45) is 0 Å². The maximum absolute atomic E-state index is 5.82. The molecule has 0 aliphatic carbocycles. The Morgan fingerprint density at radius 3 is 2.90 bits per heavy atom. The average Bonchev–Trinajstić information content (AvgIpc) is 2.86. The molecule has 2 heterocycles. The van der Waals surface area contributed by atoms with Gasteiger partial charge < -0.3 is 10.5 Å². The molecule has 7 heteroatoms. The van der Waals surface area contributed by atoms with Crippen molar-refractivity contribution >= 4 is 39.1 Å². The fraction of sp³-hybridized carbons (Fsp3) is 0.214. The van der Waals surface area contributed by atoms with E-state index in [0.29, 0.717) is 24.9 Å². The Hall–Kier alpha value is -1.70. The molecule has 3 aromatic rings. The SMILES string of the molecule is CCOCc1nc(N)cc(Sc2nc3ccccc3s2)n1.